The Morgan fingerprint density at radius 1 is 1.39 bits per heavy atom. The van der Waals surface area contributed by atoms with Gasteiger partial charge in [0.1, 0.15) is 0 Å². The monoisotopic (exact) mass is 249 g/mol. The zero-order valence-corrected chi connectivity index (χ0v) is 10.9. The van der Waals surface area contributed by atoms with Crippen molar-refractivity contribution in [1.29, 1.82) is 0 Å². The molecule has 2 atom stereocenters. The highest BCUT2D eigenvalue weighted by molar-refractivity contribution is 5.69. The first-order valence-electron chi connectivity index (χ1n) is 6.59. The summed E-state index contributed by atoms with van der Waals surface area (Å²) < 4.78 is 0. The molecule has 100 valence electrons. The summed E-state index contributed by atoms with van der Waals surface area (Å²) in [6.45, 7) is 2.39. The van der Waals surface area contributed by atoms with Crippen LogP contribution in [-0.2, 0) is 0 Å². The summed E-state index contributed by atoms with van der Waals surface area (Å²) in [7, 11) is 0. The number of nitrogens with one attached hydrogen (secondary N) is 1. The van der Waals surface area contributed by atoms with Crippen LogP contribution in [0.25, 0.3) is 0 Å². The van der Waals surface area contributed by atoms with Gasteiger partial charge < -0.3 is 21.9 Å². The van der Waals surface area contributed by atoms with Crippen molar-refractivity contribution in [2.24, 2.45) is 5.92 Å². The van der Waals surface area contributed by atoms with Crippen LogP contribution in [-0.4, -0.2) is 17.3 Å². The number of benzene rings is 1. The molecule has 0 heterocycles. The smallest absolute Gasteiger partial charge is 0.0661 e. The average molecular weight is 249 g/mol. The molecule has 0 aromatic heterocycles. The molecule has 2 rings (SSSR count). The lowest BCUT2D eigenvalue weighted by Gasteiger charge is -2.40. The second-order valence-electron chi connectivity index (χ2n) is 5.61. The third kappa shape index (κ3) is 2.70. The predicted molar refractivity (Wildman–Crippen MR) is 76.3 cm³/mol. The number of rotatable bonds is 3. The van der Waals surface area contributed by atoms with E-state index in [9.17, 15) is 5.11 Å². The van der Waals surface area contributed by atoms with Crippen LogP contribution in [0.2, 0.25) is 0 Å². The Morgan fingerprint density at radius 2 is 2.17 bits per heavy atom. The van der Waals surface area contributed by atoms with Crippen LogP contribution >= 0.6 is 0 Å². The Hall–Kier alpha value is -1.42. The number of aliphatic hydroxyl groups is 1. The third-order valence-electron chi connectivity index (χ3n) is 3.89. The fourth-order valence-electron chi connectivity index (χ4n) is 2.92. The lowest BCUT2D eigenvalue weighted by atomic mass is 9.76. The highest BCUT2D eigenvalue weighted by atomic mass is 16.3. The molecule has 0 radical (unpaired) electrons. The molecular weight excluding hydrogens is 226 g/mol. The number of hydrogen-bond acceptors (Lipinski definition) is 4. The largest absolute Gasteiger partial charge is 0.397 e. The van der Waals surface area contributed by atoms with E-state index in [2.05, 4.69) is 12.2 Å². The van der Waals surface area contributed by atoms with Gasteiger partial charge in [0.15, 0.2) is 0 Å². The second kappa shape index (κ2) is 5.06. The molecule has 18 heavy (non-hydrogen) atoms. The molecule has 0 bridgehead atoms. The first kappa shape index (κ1) is 13.0. The molecular formula is C14H23N3O. The molecule has 1 aliphatic carbocycles. The van der Waals surface area contributed by atoms with Gasteiger partial charge in [0.05, 0.1) is 23.5 Å². The molecule has 0 aliphatic heterocycles. The summed E-state index contributed by atoms with van der Waals surface area (Å²) in [5.41, 5.74) is 13.4. The summed E-state index contributed by atoms with van der Waals surface area (Å²) in [5.74, 6) is 0.643. The van der Waals surface area contributed by atoms with Crippen LogP contribution in [0.3, 0.4) is 0 Å². The van der Waals surface area contributed by atoms with Crippen molar-refractivity contribution in [2.75, 3.05) is 23.4 Å². The van der Waals surface area contributed by atoms with Crippen LogP contribution in [0.15, 0.2) is 18.2 Å². The van der Waals surface area contributed by atoms with Gasteiger partial charge >= 0.3 is 0 Å². The van der Waals surface area contributed by atoms with Gasteiger partial charge in [-0.15, -0.1) is 0 Å². The molecule has 0 saturated heterocycles. The van der Waals surface area contributed by atoms with Gasteiger partial charge in [-0.05, 0) is 37.0 Å². The van der Waals surface area contributed by atoms with E-state index in [1.807, 2.05) is 12.1 Å². The van der Waals surface area contributed by atoms with E-state index < -0.39 is 0 Å². The van der Waals surface area contributed by atoms with Crippen molar-refractivity contribution in [3.63, 3.8) is 0 Å². The normalized spacial score (nSPS) is 28.0. The summed E-state index contributed by atoms with van der Waals surface area (Å²) >= 11 is 0. The van der Waals surface area contributed by atoms with Crippen LogP contribution in [0.5, 0.6) is 0 Å². The van der Waals surface area contributed by atoms with Crippen LogP contribution < -0.4 is 16.8 Å². The van der Waals surface area contributed by atoms with Gasteiger partial charge in [0.2, 0.25) is 0 Å². The van der Waals surface area contributed by atoms with Crippen LogP contribution in [0.1, 0.15) is 32.6 Å². The lowest BCUT2D eigenvalue weighted by Crippen LogP contribution is -2.45. The van der Waals surface area contributed by atoms with Gasteiger partial charge in [0, 0.05) is 5.69 Å². The zero-order valence-electron chi connectivity index (χ0n) is 10.9. The summed E-state index contributed by atoms with van der Waals surface area (Å²) in [4.78, 5) is 0. The summed E-state index contributed by atoms with van der Waals surface area (Å²) in [6.07, 6.45) is 4.39. The van der Waals surface area contributed by atoms with Crippen molar-refractivity contribution >= 4 is 17.1 Å². The van der Waals surface area contributed by atoms with Crippen molar-refractivity contribution in [1.82, 2.24) is 0 Å². The standard InChI is InChI=1S/C14H23N3O/c1-10-3-2-6-14(8-10,9-18)17-11-4-5-12(15)13(16)7-11/h4-5,7,10,17-18H,2-3,6,8-9,15-16H2,1H3. The van der Waals surface area contributed by atoms with Gasteiger partial charge in [-0.1, -0.05) is 19.8 Å². The maximum absolute atomic E-state index is 9.73. The molecule has 1 aromatic carbocycles. The van der Waals surface area contributed by atoms with Crippen LogP contribution in [0.4, 0.5) is 17.1 Å². The summed E-state index contributed by atoms with van der Waals surface area (Å²) in [5, 5.41) is 13.2. The minimum absolute atomic E-state index is 0.154. The molecule has 0 spiro atoms. The predicted octanol–water partition coefficient (Wildman–Crippen LogP) is 2.20. The molecule has 2 unspecified atom stereocenters. The highest BCUT2D eigenvalue weighted by Crippen LogP contribution is 2.35. The Labute approximate surface area is 108 Å². The SMILES string of the molecule is CC1CCCC(CO)(Nc2ccc(N)c(N)c2)C1. The Balaban J connectivity index is 2.16. The highest BCUT2D eigenvalue weighted by Gasteiger charge is 2.34. The zero-order chi connectivity index (χ0) is 13.2. The topological polar surface area (TPSA) is 84.3 Å². The number of nitrogens with two attached hydrogens (primary N) is 2. The van der Waals surface area contributed by atoms with E-state index in [0.717, 1.165) is 24.9 Å². The second-order valence-corrected chi connectivity index (χ2v) is 5.61. The van der Waals surface area contributed by atoms with E-state index >= 15 is 0 Å². The van der Waals surface area contributed by atoms with E-state index in [0.29, 0.717) is 17.3 Å². The van der Waals surface area contributed by atoms with E-state index in [4.69, 9.17) is 11.5 Å². The molecule has 1 aromatic rings. The minimum Gasteiger partial charge on any atom is -0.397 e. The quantitative estimate of drug-likeness (QED) is 0.619. The number of aliphatic hydroxyl groups excluding tert-OH is 1. The maximum Gasteiger partial charge on any atom is 0.0661 e. The van der Waals surface area contributed by atoms with Crippen molar-refractivity contribution in [2.45, 2.75) is 38.1 Å². The molecule has 0 amide bonds. The summed E-state index contributed by atoms with van der Waals surface area (Å²) in [6, 6.07) is 5.56. The van der Waals surface area contributed by atoms with Gasteiger partial charge in [-0.25, -0.2) is 0 Å². The lowest BCUT2D eigenvalue weighted by molar-refractivity contribution is 0.149. The van der Waals surface area contributed by atoms with E-state index in [1.54, 1.807) is 6.07 Å². The van der Waals surface area contributed by atoms with Gasteiger partial charge in [0.25, 0.3) is 0 Å². The number of hydrogen-bond donors (Lipinski definition) is 4. The maximum atomic E-state index is 9.73. The molecule has 4 nitrogen and oxygen atoms in total. The fourth-order valence-corrected chi connectivity index (χ4v) is 2.92. The third-order valence-corrected chi connectivity index (χ3v) is 3.89. The first-order chi connectivity index (χ1) is 8.54. The number of anilines is 3. The van der Waals surface area contributed by atoms with Gasteiger partial charge in [-0.3, -0.25) is 0 Å². The van der Waals surface area contributed by atoms with Crippen molar-refractivity contribution < 1.29 is 5.11 Å². The molecule has 1 aliphatic rings. The van der Waals surface area contributed by atoms with Gasteiger partial charge in [-0.2, -0.15) is 0 Å². The number of nitrogen functional groups attached to an aromatic ring is 2. The molecule has 1 saturated carbocycles. The molecule has 4 heteroatoms. The van der Waals surface area contributed by atoms with Crippen molar-refractivity contribution in [3.05, 3.63) is 18.2 Å². The Bertz CT molecular complexity index is 422. The van der Waals surface area contributed by atoms with E-state index in [-0.39, 0.29) is 12.1 Å². The van der Waals surface area contributed by atoms with Crippen LogP contribution in [0, 0.1) is 5.92 Å². The average Bonchev–Trinajstić information content (AvgIpc) is 2.34. The first-order valence-corrected chi connectivity index (χ1v) is 6.59. The minimum atomic E-state index is -0.208. The Kier molecular flexibility index (Phi) is 3.66. The molecule has 6 N–H and O–H groups in total. The fraction of sp³-hybridized carbons (Fsp3) is 0.571. The molecule has 1 fully saturated rings. The van der Waals surface area contributed by atoms with Crippen molar-refractivity contribution in [3.8, 4) is 0 Å². The Morgan fingerprint density at radius 3 is 2.78 bits per heavy atom. The van der Waals surface area contributed by atoms with E-state index in [1.165, 1.54) is 6.42 Å².